The van der Waals surface area contributed by atoms with Crippen molar-refractivity contribution in [2.24, 2.45) is 5.92 Å². The Morgan fingerprint density at radius 2 is 2.15 bits per heavy atom. The summed E-state index contributed by atoms with van der Waals surface area (Å²) in [5.74, 6) is 0.797. The zero-order valence-electron chi connectivity index (χ0n) is 11.5. The van der Waals surface area contributed by atoms with E-state index in [9.17, 15) is 4.39 Å². The van der Waals surface area contributed by atoms with Gasteiger partial charge in [-0.25, -0.2) is 4.39 Å². The van der Waals surface area contributed by atoms with Crippen LogP contribution in [0.2, 0.25) is 0 Å². The molecule has 0 radical (unpaired) electrons. The Morgan fingerprint density at radius 1 is 1.30 bits per heavy atom. The van der Waals surface area contributed by atoms with Crippen molar-refractivity contribution in [3.05, 3.63) is 46.9 Å². The molecular formula is C17H17FN2. The summed E-state index contributed by atoms with van der Waals surface area (Å²) in [7, 11) is 0. The maximum absolute atomic E-state index is 13.4. The molecule has 102 valence electrons. The molecule has 20 heavy (non-hydrogen) atoms. The SMILES string of the molecule is CC1=C[C@@H]2Cc3nc4cc(F)ccc4c(N)c3C(C1)C2. The number of fused-ring (bicyclic) bond motifs is 5. The molecule has 0 amide bonds. The third-order valence-electron chi connectivity index (χ3n) is 4.65. The molecule has 0 aliphatic heterocycles. The third-order valence-corrected chi connectivity index (χ3v) is 4.65. The second-order valence-corrected chi connectivity index (χ2v) is 6.16. The Kier molecular flexibility index (Phi) is 2.40. The topological polar surface area (TPSA) is 38.9 Å². The molecular weight excluding hydrogens is 251 g/mol. The van der Waals surface area contributed by atoms with Crippen molar-refractivity contribution in [2.45, 2.75) is 32.1 Å². The van der Waals surface area contributed by atoms with Crippen LogP contribution >= 0.6 is 0 Å². The molecule has 1 aromatic carbocycles. The molecule has 0 saturated heterocycles. The lowest BCUT2D eigenvalue weighted by molar-refractivity contribution is 0.433. The van der Waals surface area contributed by atoms with Crippen molar-refractivity contribution >= 4 is 16.6 Å². The van der Waals surface area contributed by atoms with E-state index in [4.69, 9.17) is 10.7 Å². The Hall–Kier alpha value is -1.90. The molecule has 2 aliphatic rings. The second kappa shape index (κ2) is 4.05. The molecule has 0 saturated carbocycles. The van der Waals surface area contributed by atoms with Crippen molar-refractivity contribution in [1.29, 1.82) is 0 Å². The quantitative estimate of drug-likeness (QED) is 0.735. The number of benzene rings is 1. The lowest BCUT2D eigenvalue weighted by Gasteiger charge is -2.35. The predicted octanol–water partition coefficient (Wildman–Crippen LogP) is 3.95. The van der Waals surface area contributed by atoms with E-state index >= 15 is 0 Å². The molecule has 4 rings (SSSR count). The van der Waals surface area contributed by atoms with Gasteiger partial charge in [-0.3, -0.25) is 4.98 Å². The van der Waals surface area contributed by atoms with Crippen LogP contribution in [0.4, 0.5) is 10.1 Å². The summed E-state index contributed by atoms with van der Waals surface area (Å²) in [6.45, 7) is 2.20. The van der Waals surface area contributed by atoms with Gasteiger partial charge < -0.3 is 5.73 Å². The molecule has 1 aromatic heterocycles. The molecule has 2 N–H and O–H groups in total. The fourth-order valence-corrected chi connectivity index (χ4v) is 3.93. The Balaban J connectivity index is 1.97. The smallest absolute Gasteiger partial charge is 0.125 e. The normalized spacial score (nSPS) is 24.4. The van der Waals surface area contributed by atoms with Crippen LogP contribution in [0.15, 0.2) is 29.8 Å². The van der Waals surface area contributed by atoms with Gasteiger partial charge in [0.15, 0.2) is 0 Å². The van der Waals surface area contributed by atoms with Crippen LogP contribution in [0.3, 0.4) is 0 Å². The minimum absolute atomic E-state index is 0.254. The lowest BCUT2D eigenvalue weighted by atomic mass is 9.71. The summed E-state index contributed by atoms with van der Waals surface area (Å²) >= 11 is 0. The standard InChI is InChI=1S/C17H17FN2/c1-9-4-10-6-11(5-9)16-15(7-10)20-14-8-12(18)2-3-13(14)17(16)19/h2-4,8,10-11H,5-7H2,1H3,(H2,19,20)/t10-,11?/m0/s1. The van der Waals surface area contributed by atoms with Crippen molar-refractivity contribution in [1.82, 2.24) is 4.98 Å². The largest absolute Gasteiger partial charge is 0.398 e. The van der Waals surface area contributed by atoms with Crippen LogP contribution in [0.1, 0.15) is 36.9 Å². The summed E-state index contributed by atoms with van der Waals surface area (Å²) in [5.41, 5.74) is 11.6. The van der Waals surface area contributed by atoms with Crippen LogP contribution < -0.4 is 5.73 Å². The van der Waals surface area contributed by atoms with Crippen LogP contribution in [0, 0.1) is 11.7 Å². The summed E-state index contributed by atoms with van der Waals surface area (Å²) in [6, 6.07) is 4.70. The van der Waals surface area contributed by atoms with Gasteiger partial charge in [-0.05, 0) is 50.2 Å². The first-order valence-corrected chi connectivity index (χ1v) is 7.16. The number of anilines is 1. The fraction of sp³-hybridized carbons (Fsp3) is 0.353. The minimum Gasteiger partial charge on any atom is -0.398 e. The highest BCUT2D eigenvalue weighted by Crippen LogP contribution is 2.46. The second-order valence-electron chi connectivity index (χ2n) is 6.16. The van der Waals surface area contributed by atoms with Crippen molar-refractivity contribution in [2.75, 3.05) is 5.73 Å². The van der Waals surface area contributed by atoms with Crippen LogP contribution in [-0.4, -0.2) is 4.98 Å². The minimum atomic E-state index is -0.254. The first-order valence-electron chi connectivity index (χ1n) is 7.16. The number of hydrogen-bond donors (Lipinski definition) is 1. The maximum Gasteiger partial charge on any atom is 0.125 e. The van der Waals surface area contributed by atoms with Crippen LogP contribution in [0.25, 0.3) is 10.9 Å². The fourth-order valence-electron chi connectivity index (χ4n) is 3.93. The third kappa shape index (κ3) is 1.65. The Morgan fingerprint density at radius 3 is 3.00 bits per heavy atom. The van der Waals surface area contributed by atoms with Gasteiger partial charge in [0, 0.05) is 28.4 Å². The predicted molar refractivity (Wildman–Crippen MR) is 79.0 cm³/mol. The monoisotopic (exact) mass is 268 g/mol. The lowest BCUT2D eigenvalue weighted by Crippen LogP contribution is -2.24. The van der Waals surface area contributed by atoms with Gasteiger partial charge in [0.1, 0.15) is 5.82 Å². The van der Waals surface area contributed by atoms with Crippen molar-refractivity contribution in [3.8, 4) is 0 Å². The average molecular weight is 268 g/mol. The highest BCUT2D eigenvalue weighted by molar-refractivity contribution is 5.92. The van der Waals surface area contributed by atoms with E-state index in [1.54, 1.807) is 6.07 Å². The molecule has 0 fully saturated rings. The summed E-state index contributed by atoms with van der Waals surface area (Å²) in [5, 5.41) is 0.885. The summed E-state index contributed by atoms with van der Waals surface area (Å²) in [6.07, 6.45) is 5.54. The number of nitrogens with two attached hydrogens (primary N) is 1. The van der Waals surface area contributed by atoms with Crippen LogP contribution in [0.5, 0.6) is 0 Å². The molecule has 2 aliphatic carbocycles. The van der Waals surface area contributed by atoms with Gasteiger partial charge in [-0.15, -0.1) is 0 Å². The number of hydrogen-bond acceptors (Lipinski definition) is 2. The highest BCUT2D eigenvalue weighted by atomic mass is 19.1. The van der Waals surface area contributed by atoms with E-state index in [0.717, 1.165) is 29.6 Å². The van der Waals surface area contributed by atoms with Gasteiger partial charge >= 0.3 is 0 Å². The molecule has 0 spiro atoms. The number of pyridine rings is 1. The average Bonchev–Trinajstić information content (AvgIpc) is 2.36. The number of nitrogens with zero attached hydrogens (tertiary/aromatic N) is 1. The van der Waals surface area contributed by atoms with E-state index in [0.29, 0.717) is 17.4 Å². The molecule has 1 heterocycles. The van der Waals surface area contributed by atoms with E-state index < -0.39 is 0 Å². The first-order chi connectivity index (χ1) is 9.61. The van der Waals surface area contributed by atoms with Crippen molar-refractivity contribution < 1.29 is 4.39 Å². The molecule has 2 bridgehead atoms. The zero-order chi connectivity index (χ0) is 13.9. The van der Waals surface area contributed by atoms with Gasteiger partial charge in [0.25, 0.3) is 0 Å². The zero-order valence-corrected chi connectivity index (χ0v) is 11.5. The summed E-state index contributed by atoms with van der Waals surface area (Å²) < 4.78 is 13.4. The maximum atomic E-state index is 13.4. The Labute approximate surface area is 117 Å². The summed E-state index contributed by atoms with van der Waals surface area (Å²) in [4.78, 5) is 4.70. The number of nitrogen functional groups attached to an aromatic ring is 1. The van der Waals surface area contributed by atoms with Gasteiger partial charge in [0.05, 0.1) is 5.52 Å². The van der Waals surface area contributed by atoms with E-state index in [1.165, 1.54) is 29.7 Å². The van der Waals surface area contributed by atoms with E-state index in [1.807, 2.05) is 0 Å². The number of aromatic nitrogens is 1. The number of halogens is 1. The van der Waals surface area contributed by atoms with Crippen LogP contribution in [-0.2, 0) is 6.42 Å². The highest BCUT2D eigenvalue weighted by Gasteiger charge is 2.32. The van der Waals surface area contributed by atoms with E-state index in [2.05, 4.69) is 13.0 Å². The van der Waals surface area contributed by atoms with Gasteiger partial charge in [-0.1, -0.05) is 11.6 Å². The molecule has 2 atom stereocenters. The molecule has 3 heteroatoms. The van der Waals surface area contributed by atoms with E-state index in [-0.39, 0.29) is 5.82 Å². The molecule has 1 unspecified atom stereocenters. The Bertz CT molecular complexity index is 748. The van der Waals surface area contributed by atoms with Crippen molar-refractivity contribution in [3.63, 3.8) is 0 Å². The number of allylic oxidation sites excluding steroid dienone is 2. The number of rotatable bonds is 0. The molecule has 2 nitrogen and oxygen atoms in total. The van der Waals surface area contributed by atoms with Gasteiger partial charge in [0.2, 0.25) is 0 Å². The molecule has 2 aromatic rings. The van der Waals surface area contributed by atoms with Gasteiger partial charge in [-0.2, -0.15) is 0 Å². The first kappa shape index (κ1) is 11.9.